The number of aromatic nitrogens is 1. The van der Waals surface area contributed by atoms with E-state index in [1.54, 1.807) is 6.07 Å². The van der Waals surface area contributed by atoms with Gasteiger partial charge in [0, 0.05) is 16.8 Å². The maximum absolute atomic E-state index is 10.5. The molecule has 0 aliphatic heterocycles. The summed E-state index contributed by atoms with van der Waals surface area (Å²) in [6, 6.07) is 10.7. The number of rotatable bonds is 4. The highest BCUT2D eigenvalue weighted by Gasteiger charge is 2.05. The molecule has 0 bridgehead atoms. The fourth-order valence-electron chi connectivity index (χ4n) is 1.30. The molecule has 2 aromatic rings. The standard InChI is InChI=1S/C12H9ClN2O2S/c13-10-3-1-9(2-4-10)8-18-12-6-5-11(7-14-12)15(16)17/h1-7H,8H2. The highest BCUT2D eigenvalue weighted by Crippen LogP contribution is 2.23. The summed E-state index contributed by atoms with van der Waals surface area (Å²) in [6.45, 7) is 0. The molecule has 1 aromatic heterocycles. The van der Waals surface area contributed by atoms with Crippen molar-refractivity contribution in [3.8, 4) is 0 Å². The minimum atomic E-state index is -0.458. The van der Waals surface area contributed by atoms with E-state index in [2.05, 4.69) is 4.98 Å². The largest absolute Gasteiger partial charge is 0.287 e. The van der Waals surface area contributed by atoms with E-state index in [4.69, 9.17) is 11.6 Å². The first-order valence-electron chi connectivity index (χ1n) is 5.13. The predicted octanol–water partition coefficient (Wildman–Crippen LogP) is 3.94. The zero-order chi connectivity index (χ0) is 13.0. The molecule has 92 valence electrons. The van der Waals surface area contributed by atoms with Gasteiger partial charge in [-0.3, -0.25) is 10.1 Å². The zero-order valence-electron chi connectivity index (χ0n) is 9.25. The Balaban J connectivity index is 1.97. The molecular weight excluding hydrogens is 272 g/mol. The molecule has 0 spiro atoms. The molecule has 0 fully saturated rings. The minimum Gasteiger partial charge on any atom is -0.258 e. The number of halogens is 1. The third-order valence-corrected chi connectivity index (χ3v) is 3.50. The molecular formula is C12H9ClN2O2S. The van der Waals surface area contributed by atoms with Gasteiger partial charge in [-0.1, -0.05) is 23.7 Å². The third kappa shape index (κ3) is 3.45. The van der Waals surface area contributed by atoms with Crippen LogP contribution in [0.4, 0.5) is 5.69 Å². The van der Waals surface area contributed by atoms with Crippen molar-refractivity contribution in [2.75, 3.05) is 0 Å². The molecule has 1 aromatic carbocycles. The molecule has 0 aliphatic rings. The SMILES string of the molecule is O=[N+]([O-])c1ccc(SCc2ccc(Cl)cc2)nc1. The van der Waals surface area contributed by atoms with Gasteiger partial charge in [0.25, 0.3) is 5.69 Å². The van der Waals surface area contributed by atoms with Crippen molar-refractivity contribution in [2.45, 2.75) is 10.8 Å². The van der Waals surface area contributed by atoms with Gasteiger partial charge < -0.3 is 0 Å². The molecule has 6 heteroatoms. The maximum Gasteiger partial charge on any atom is 0.287 e. The van der Waals surface area contributed by atoms with E-state index in [0.29, 0.717) is 5.02 Å². The molecule has 1 heterocycles. The fraction of sp³-hybridized carbons (Fsp3) is 0.0833. The molecule has 4 nitrogen and oxygen atoms in total. The van der Waals surface area contributed by atoms with Gasteiger partial charge in [-0.15, -0.1) is 11.8 Å². The second-order valence-corrected chi connectivity index (χ2v) is 4.96. The summed E-state index contributed by atoms with van der Waals surface area (Å²) in [6.07, 6.45) is 1.27. The highest BCUT2D eigenvalue weighted by molar-refractivity contribution is 7.98. The molecule has 0 saturated heterocycles. The quantitative estimate of drug-likeness (QED) is 0.484. The number of nitro groups is 1. The second kappa shape index (κ2) is 5.84. The first kappa shape index (κ1) is 12.9. The smallest absolute Gasteiger partial charge is 0.258 e. The van der Waals surface area contributed by atoms with Gasteiger partial charge in [-0.25, -0.2) is 4.98 Å². The Morgan fingerprint density at radius 3 is 2.50 bits per heavy atom. The summed E-state index contributed by atoms with van der Waals surface area (Å²) in [5.41, 5.74) is 1.13. The summed E-state index contributed by atoms with van der Waals surface area (Å²) in [4.78, 5) is 14.0. The van der Waals surface area contributed by atoms with E-state index < -0.39 is 4.92 Å². The van der Waals surface area contributed by atoms with Crippen LogP contribution in [0, 0.1) is 10.1 Å². The van der Waals surface area contributed by atoms with E-state index >= 15 is 0 Å². The van der Waals surface area contributed by atoms with Crippen molar-refractivity contribution in [1.29, 1.82) is 0 Å². The summed E-state index contributed by atoms with van der Waals surface area (Å²) < 4.78 is 0. The van der Waals surface area contributed by atoms with Crippen LogP contribution in [0.15, 0.2) is 47.6 Å². The van der Waals surface area contributed by atoms with Crippen LogP contribution in [0.1, 0.15) is 5.56 Å². The molecule has 2 rings (SSSR count). The molecule has 0 unspecified atom stereocenters. The number of hydrogen-bond acceptors (Lipinski definition) is 4. The van der Waals surface area contributed by atoms with Crippen LogP contribution in [-0.2, 0) is 5.75 Å². The maximum atomic E-state index is 10.5. The lowest BCUT2D eigenvalue weighted by atomic mass is 10.2. The molecule has 0 amide bonds. The molecule has 0 atom stereocenters. The van der Waals surface area contributed by atoms with Crippen LogP contribution in [0.25, 0.3) is 0 Å². The molecule has 0 N–H and O–H groups in total. The van der Waals surface area contributed by atoms with E-state index in [0.717, 1.165) is 16.3 Å². The van der Waals surface area contributed by atoms with Gasteiger partial charge in [0.2, 0.25) is 0 Å². The van der Waals surface area contributed by atoms with Crippen LogP contribution in [-0.4, -0.2) is 9.91 Å². The van der Waals surface area contributed by atoms with Gasteiger partial charge in [0.1, 0.15) is 6.20 Å². The lowest BCUT2D eigenvalue weighted by Crippen LogP contribution is -1.89. The Morgan fingerprint density at radius 1 is 1.22 bits per heavy atom. The summed E-state index contributed by atoms with van der Waals surface area (Å²) in [7, 11) is 0. The van der Waals surface area contributed by atoms with Crippen molar-refractivity contribution < 1.29 is 4.92 Å². The Labute approximate surface area is 113 Å². The Kier molecular flexibility index (Phi) is 4.17. The van der Waals surface area contributed by atoms with Gasteiger partial charge in [0.05, 0.1) is 9.95 Å². The predicted molar refractivity (Wildman–Crippen MR) is 71.9 cm³/mol. The Hall–Kier alpha value is -1.59. The van der Waals surface area contributed by atoms with Crippen molar-refractivity contribution in [3.05, 3.63) is 63.3 Å². The zero-order valence-corrected chi connectivity index (χ0v) is 10.8. The van der Waals surface area contributed by atoms with Gasteiger partial charge in [-0.05, 0) is 23.8 Å². The first-order valence-corrected chi connectivity index (χ1v) is 6.49. The lowest BCUT2D eigenvalue weighted by Gasteiger charge is -2.01. The van der Waals surface area contributed by atoms with E-state index in [9.17, 15) is 10.1 Å². The van der Waals surface area contributed by atoms with E-state index in [1.165, 1.54) is 24.0 Å². The molecule has 0 aliphatic carbocycles. The number of nitrogens with zero attached hydrogens (tertiary/aromatic N) is 2. The third-order valence-electron chi connectivity index (χ3n) is 2.23. The van der Waals surface area contributed by atoms with Crippen LogP contribution in [0.5, 0.6) is 0 Å². The van der Waals surface area contributed by atoms with Crippen LogP contribution in [0.2, 0.25) is 5.02 Å². The Bertz CT molecular complexity index is 543. The van der Waals surface area contributed by atoms with Crippen LogP contribution in [0.3, 0.4) is 0 Å². The second-order valence-electron chi connectivity index (χ2n) is 3.53. The lowest BCUT2D eigenvalue weighted by molar-refractivity contribution is -0.385. The van der Waals surface area contributed by atoms with Gasteiger partial charge in [0.15, 0.2) is 0 Å². The van der Waals surface area contributed by atoms with E-state index in [-0.39, 0.29) is 5.69 Å². The fourth-order valence-corrected chi connectivity index (χ4v) is 2.23. The monoisotopic (exact) mass is 280 g/mol. The molecule has 0 radical (unpaired) electrons. The first-order chi connectivity index (χ1) is 8.65. The normalized spacial score (nSPS) is 10.3. The summed E-state index contributed by atoms with van der Waals surface area (Å²) in [5.74, 6) is 0.752. The number of pyridine rings is 1. The summed E-state index contributed by atoms with van der Waals surface area (Å²) in [5, 5.41) is 11.9. The van der Waals surface area contributed by atoms with Crippen molar-refractivity contribution in [2.24, 2.45) is 0 Å². The molecule has 0 saturated carbocycles. The van der Waals surface area contributed by atoms with E-state index in [1.807, 2.05) is 24.3 Å². The van der Waals surface area contributed by atoms with Crippen LogP contribution < -0.4 is 0 Å². The minimum absolute atomic E-state index is 0.00541. The number of benzene rings is 1. The average Bonchev–Trinajstić information content (AvgIpc) is 2.38. The van der Waals surface area contributed by atoms with Crippen molar-refractivity contribution in [3.63, 3.8) is 0 Å². The van der Waals surface area contributed by atoms with Crippen molar-refractivity contribution in [1.82, 2.24) is 4.98 Å². The topological polar surface area (TPSA) is 56.0 Å². The molecule has 18 heavy (non-hydrogen) atoms. The Morgan fingerprint density at radius 2 is 1.94 bits per heavy atom. The highest BCUT2D eigenvalue weighted by atomic mass is 35.5. The number of thioether (sulfide) groups is 1. The van der Waals surface area contributed by atoms with Crippen LogP contribution >= 0.6 is 23.4 Å². The van der Waals surface area contributed by atoms with Gasteiger partial charge >= 0.3 is 0 Å². The average molecular weight is 281 g/mol. The number of hydrogen-bond donors (Lipinski definition) is 0. The van der Waals surface area contributed by atoms with Crippen molar-refractivity contribution >= 4 is 29.1 Å². The summed E-state index contributed by atoms with van der Waals surface area (Å²) >= 11 is 7.32. The van der Waals surface area contributed by atoms with Gasteiger partial charge in [-0.2, -0.15) is 0 Å².